The molecule has 0 radical (unpaired) electrons. The lowest BCUT2D eigenvalue weighted by Crippen LogP contribution is -2.27. The summed E-state index contributed by atoms with van der Waals surface area (Å²) in [7, 11) is 0. The number of rotatable bonds is 3. The Morgan fingerprint density at radius 3 is 2.80 bits per heavy atom. The van der Waals surface area contributed by atoms with Crippen molar-refractivity contribution in [3.8, 4) is 11.9 Å². The first kappa shape index (κ1) is 12.7. The first-order valence-electron chi connectivity index (χ1n) is 6.10. The summed E-state index contributed by atoms with van der Waals surface area (Å²) in [5.74, 6) is 1.75. The minimum absolute atomic E-state index is 0.0794. The molecule has 1 N–H and O–H groups in total. The summed E-state index contributed by atoms with van der Waals surface area (Å²) >= 11 is 1.51. The van der Waals surface area contributed by atoms with Crippen molar-refractivity contribution >= 4 is 23.5 Å². The van der Waals surface area contributed by atoms with Gasteiger partial charge in [-0.3, -0.25) is 4.90 Å². The van der Waals surface area contributed by atoms with E-state index >= 15 is 0 Å². The van der Waals surface area contributed by atoms with Gasteiger partial charge in [0, 0.05) is 24.2 Å². The molecular formula is C13H12N4O2S. The van der Waals surface area contributed by atoms with Crippen LogP contribution in [-0.2, 0) is 0 Å². The fraction of sp³-hybridized carbons (Fsp3) is 0.231. The maximum Gasteiger partial charge on any atom is 0.321 e. The monoisotopic (exact) mass is 288 g/mol. The van der Waals surface area contributed by atoms with Gasteiger partial charge in [0.25, 0.3) is 0 Å². The van der Waals surface area contributed by atoms with Crippen molar-refractivity contribution in [2.75, 3.05) is 23.9 Å². The van der Waals surface area contributed by atoms with Crippen molar-refractivity contribution in [3.05, 3.63) is 35.6 Å². The Morgan fingerprint density at radius 2 is 2.15 bits per heavy atom. The number of carbonyl (C=O) groups is 1. The van der Waals surface area contributed by atoms with E-state index in [2.05, 4.69) is 11.5 Å². The number of nitrogens with zero attached hydrogens (tertiary/aromatic N) is 3. The highest BCUT2D eigenvalue weighted by Crippen LogP contribution is 2.27. The highest BCUT2D eigenvalue weighted by atomic mass is 32.2. The highest BCUT2D eigenvalue weighted by Gasteiger charge is 2.21. The maximum atomic E-state index is 11.5. The molecule has 0 spiro atoms. The lowest BCUT2D eigenvalue weighted by atomic mass is 10.3. The van der Waals surface area contributed by atoms with Crippen molar-refractivity contribution in [2.24, 2.45) is 0 Å². The van der Waals surface area contributed by atoms with Crippen molar-refractivity contribution in [2.45, 2.75) is 0 Å². The zero-order valence-electron chi connectivity index (χ0n) is 10.6. The topological polar surface area (TPSA) is 68.6 Å². The van der Waals surface area contributed by atoms with E-state index in [1.807, 2.05) is 17.5 Å². The zero-order chi connectivity index (χ0) is 13.9. The standard InChI is InChI=1S/C13H12N4O2S/c14-8-16-9-20-7-12(16)19-11-3-1-10(2-4-11)17-6-5-15-13(17)18/h1-4,7H,5-6,9H2,(H,15,18). The molecule has 6 nitrogen and oxygen atoms in total. The molecule has 2 amide bonds. The van der Waals surface area contributed by atoms with Crippen LogP contribution in [0.15, 0.2) is 35.6 Å². The number of ether oxygens (including phenoxy) is 1. The summed E-state index contributed by atoms with van der Waals surface area (Å²) in [6.45, 7) is 1.33. The third-order valence-electron chi connectivity index (χ3n) is 3.00. The van der Waals surface area contributed by atoms with E-state index in [9.17, 15) is 4.79 Å². The molecule has 102 valence electrons. The van der Waals surface area contributed by atoms with Crippen LogP contribution in [0.2, 0.25) is 0 Å². The molecule has 1 aromatic rings. The smallest absolute Gasteiger partial charge is 0.321 e. The van der Waals surface area contributed by atoms with Gasteiger partial charge in [-0.15, -0.1) is 11.8 Å². The summed E-state index contributed by atoms with van der Waals surface area (Å²) in [4.78, 5) is 14.7. The number of nitrogens with one attached hydrogen (secondary N) is 1. The van der Waals surface area contributed by atoms with Gasteiger partial charge in [-0.1, -0.05) is 0 Å². The van der Waals surface area contributed by atoms with Gasteiger partial charge in [-0.25, -0.2) is 9.69 Å². The quantitative estimate of drug-likeness (QED) is 0.860. The molecule has 1 saturated heterocycles. The highest BCUT2D eigenvalue weighted by molar-refractivity contribution is 8.02. The molecule has 1 aromatic carbocycles. The van der Waals surface area contributed by atoms with Gasteiger partial charge >= 0.3 is 6.03 Å². The number of hydrogen-bond acceptors (Lipinski definition) is 5. The van der Waals surface area contributed by atoms with E-state index in [1.165, 1.54) is 16.7 Å². The zero-order valence-corrected chi connectivity index (χ0v) is 11.4. The van der Waals surface area contributed by atoms with Crippen LogP contribution in [0, 0.1) is 11.5 Å². The Bertz CT molecular complexity index is 593. The first-order valence-corrected chi connectivity index (χ1v) is 7.15. The van der Waals surface area contributed by atoms with E-state index in [0.29, 0.717) is 30.6 Å². The Hall–Kier alpha value is -2.33. The van der Waals surface area contributed by atoms with Crippen molar-refractivity contribution in [1.29, 1.82) is 5.26 Å². The molecule has 2 heterocycles. The number of carbonyl (C=O) groups excluding carboxylic acids is 1. The SMILES string of the molecule is N#CN1CSC=C1Oc1ccc(N2CCNC2=O)cc1. The number of benzene rings is 1. The van der Waals surface area contributed by atoms with Crippen LogP contribution in [0.1, 0.15) is 0 Å². The van der Waals surface area contributed by atoms with Gasteiger partial charge in [-0.05, 0) is 24.3 Å². The van der Waals surface area contributed by atoms with Gasteiger partial charge in [0.1, 0.15) is 5.75 Å². The summed E-state index contributed by atoms with van der Waals surface area (Å²) in [6.07, 6.45) is 2.05. The molecule has 0 aliphatic carbocycles. The van der Waals surface area contributed by atoms with Crippen LogP contribution in [0.4, 0.5) is 10.5 Å². The fourth-order valence-electron chi connectivity index (χ4n) is 2.00. The van der Waals surface area contributed by atoms with Crippen LogP contribution in [0.5, 0.6) is 5.75 Å². The molecule has 2 aliphatic heterocycles. The van der Waals surface area contributed by atoms with Crippen molar-refractivity contribution in [3.63, 3.8) is 0 Å². The number of anilines is 1. The minimum Gasteiger partial charge on any atom is -0.440 e. The lowest BCUT2D eigenvalue weighted by molar-refractivity contribution is 0.252. The lowest BCUT2D eigenvalue weighted by Gasteiger charge is -2.16. The number of thioether (sulfide) groups is 1. The van der Waals surface area contributed by atoms with E-state index in [4.69, 9.17) is 10.00 Å². The number of urea groups is 1. The molecule has 3 rings (SSSR count). The third kappa shape index (κ3) is 2.38. The van der Waals surface area contributed by atoms with Crippen LogP contribution < -0.4 is 15.0 Å². The molecule has 1 fully saturated rings. The second-order valence-electron chi connectivity index (χ2n) is 4.26. The number of amides is 2. The van der Waals surface area contributed by atoms with Gasteiger partial charge < -0.3 is 10.1 Å². The second kappa shape index (κ2) is 5.35. The number of hydrogen-bond donors (Lipinski definition) is 1. The van der Waals surface area contributed by atoms with E-state index in [1.54, 1.807) is 17.0 Å². The fourth-order valence-corrected chi connectivity index (χ4v) is 2.73. The molecule has 7 heteroatoms. The van der Waals surface area contributed by atoms with Crippen LogP contribution in [-0.4, -0.2) is 29.9 Å². The Labute approximate surface area is 120 Å². The molecular weight excluding hydrogens is 276 g/mol. The van der Waals surface area contributed by atoms with E-state index in [-0.39, 0.29) is 6.03 Å². The average Bonchev–Trinajstić information content (AvgIpc) is 3.08. The first-order chi connectivity index (χ1) is 9.78. The normalized spacial score (nSPS) is 17.8. The van der Waals surface area contributed by atoms with Gasteiger partial charge in [0.2, 0.25) is 5.88 Å². The third-order valence-corrected chi connectivity index (χ3v) is 3.78. The number of nitriles is 1. The Balaban J connectivity index is 1.71. The van der Waals surface area contributed by atoms with Crippen molar-refractivity contribution < 1.29 is 9.53 Å². The van der Waals surface area contributed by atoms with Crippen LogP contribution >= 0.6 is 11.8 Å². The van der Waals surface area contributed by atoms with E-state index in [0.717, 1.165) is 5.69 Å². The van der Waals surface area contributed by atoms with Gasteiger partial charge in [0.05, 0.1) is 5.88 Å². The van der Waals surface area contributed by atoms with Crippen LogP contribution in [0.25, 0.3) is 0 Å². The predicted octanol–water partition coefficient (Wildman–Crippen LogP) is 1.88. The maximum absolute atomic E-state index is 11.5. The average molecular weight is 288 g/mol. The van der Waals surface area contributed by atoms with Gasteiger partial charge in [-0.2, -0.15) is 5.26 Å². The summed E-state index contributed by atoms with van der Waals surface area (Å²) in [6, 6.07) is 7.17. The van der Waals surface area contributed by atoms with Crippen LogP contribution in [0.3, 0.4) is 0 Å². The Morgan fingerprint density at radius 1 is 1.35 bits per heavy atom. The predicted molar refractivity (Wildman–Crippen MR) is 75.8 cm³/mol. The molecule has 0 bridgehead atoms. The van der Waals surface area contributed by atoms with Crippen molar-refractivity contribution in [1.82, 2.24) is 10.2 Å². The molecule has 20 heavy (non-hydrogen) atoms. The Kier molecular flexibility index (Phi) is 3.39. The summed E-state index contributed by atoms with van der Waals surface area (Å²) in [5, 5.41) is 13.5. The molecule has 0 atom stereocenters. The molecule has 2 aliphatic rings. The van der Waals surface area contributed by atoms with E-state index < -0.39 is 0 Å². The largest absolute Gasteiger partial charge is 0.440 e. The minimum atomic E-state index is -0.0794. The summed E-state index contributed by atoms with van der Waals surface area (Å²) < 4.78 is 5.65. The van der Waals surface area contributed by atoms with Gasteiger partial charge in [0.15, 0.2) is 6.19 Å². The molecule has 0 unspecified atom stereocenters. The second-order valence-corrected chi connectivity index (χ2v) is 5.09. The molecule has 0 saturated carbocycles. The summed E-state index contributed by atoms with van der Waals surface area (Å²) in [5.41, 5.74) is 0.833. The molecule has 0 aromatic heterocycles.